The van der Waals surface area contributed by atoms with Crippen LogP contribution in [0.15, 0.2) is 35.5 Å². The lowest BCUT2D eigenvalue weighted by atomic mass is 10.1. The summed E-state index contributed by atoms with van der Waals surface area (Å²) in [7, 11) is 0. The highest BCUT2D eigenvalue weighted by molar-refractivity contribution is 5.50. The number of hydrogen-bond donors (Lipinski definition) is 0. The first-order valence-electron chi connectivity index (χ1n) is 7.77. The first-order valence-corrected chi connectivity index (χ1v) is 7.77. The van der Waals surface area contributed by atoms with Crippen LogP contribution in [0.25, 0.3) is 16.5 Å². The minimum atomic E-state index is 0.382. The molecule has 0 heterocycles. The van der Waals surface area contributed by atoms with Crippen molar-refractivity contribution in [1.82, 2.24) is 0 Å². The van der Waals surface area contributed by atoms with Gasteiger partial charge in [0.15, 0.2) is 0 Å². The first kappa shape index (κ1) is 17.1. The molecule has 0 fully saturated rings. The summed E-state index contributed by atoms with van der Waals surface area (Å²) >= 11 is 0. The summed E-state index contributed by atoms with van der Waals surface area (Å²) in [6, 6.07) is 7.96. The lowest BCUT2D eigenvalue weighted by Gasteiger charge is -2.06. The van der Waals surface area contributed by atoms with Crippen molar-refractivity contribution in [2.45, 2.75) is 45.4 Å². The molecule has 1 aromatic rings. The fourth-order valence-corrected chi connectivity index (χ4v) is 2.02. The molecular formula is C17H25N3O. The van der Waals surface area contributed by atoms with Crippen LogP contribution in [-0.4, -0.2) is 13.2 Å². The number of azide groups is 1. The fraction of sp³-hybridized carbons (Fsp3) is 0.529. The third-order valence-corrected chi connectivity index (χ3v) is 3.21. The van der Waals surface area contributed by atoms with Crippen molar-refractivity contribution in [2.75, 3.05) is 13.2 Å². The van der Waals surface area contributed by atoms with E-state index in [1.165, 1.54) is 32.1 Å². The maximum atomic E-state index is 8.17. The second-order valence-electron chi connectivity index (χ2n) is 5.00. The summed E-state index contributed by atoms with van der Waals surface area (Å²) in [5.41, 5.74) is 9.25. The number of benzene rings is 1. The molecule has 1 rings (SSSR count). The van der Waals surface area contributed by atoms with Crippen molar-refractivity contribution in [3.8, 4) is 5.75 Å². The topological polar surface area (TPSA) is 58.0 Å². The van der Waals surface area contributed by atoms with Gasteiger partial charge in [0, 0.05) is 11.5 Å². The molecule has 1 aromatic carbocycles. The summed E-state index contributed by atoms with van der Waals surface area (Å²) in [6.07, 6.45) is 11.4. The Morgan fingerprint density at radius 1 is 1.10 bits per heavy atom. The standard InChI is InChI=1S/C17H25N3O/c1-2-3-4-5-6-7-15-21-17-12-10-16(11-13-17)9-8-14-19-20-18/h8-13H,2-7,14-15H2,1H3. The van der Waals surface area contributed by atoms with E-state index in [-0.39, 0.29) is 0 Å². The van der Waals surface area contributed by atoms with Crippen LogP contribution in [0.3, 0.4) is 0 Å². The largest absolute Gasteiger partial charge is 0.494 e. The number of unbranched alkanes of at least 4 members (excludes halogenated alkanes) is 5. The highest BCUT2D eigenvalue weighted by atomic mass is 16.5. The van der Waals surface area contributed by atoms with Gasteiger partial charge in [-0.05, 0) is 29.6 Å². The van der Waals surface area contributed by atoms with Crippen LogP contribution >= 0.6 is 0 Å². The molecule has 0 N–H and O–H groups in total. The van der Waals surface area contributed by atoms with Gasteiger partial charge in [0.25, 0.3) is 0 Å². The third kappa shape index (κ3) is 8.77. The molecule has 0 amide bonds. The quantitative estimate of drug-likeness (QED) is 0.221. The molecule has 0 radical (unpaired) electrons. The molecule has 0 spiro atoms. The molecule has 0 atom stereocenters. The fourth-order valence-electron chi connectivity index (χ4n) is 2.02. The Morgan fingerprint density at radius 2 is 1.81 bits per heavy atom. The molecule has 0 saturated heterocycles. The summed E-state index contributed by atoms with van der Waals surface area (Å²) in [6.45, 7) is 3.41. The smallest absolute Gasteiger partial charge is 0.119 e. The zero-order chi connectivity index (χ0) is 15.2. The molecule has 0 aliphatic carbocycles. The number of hydrogen-bond acceptors (Lipinski definition) is 2. The van der Waals surface area contributed by atoms with Crippen molar-refractivity contribution >= 4 is 6.08 Å². The molecule has 0 saturated carbocycles. The molecule has 0 aliphatic heterocycles. The van der Waals surface area contributed by atoms with Gasteiger partial charge in [0.2, 0.25) is 0 Å². The van der Waals surface area contributed by atoms with Gasteiger partial charge in [-0.1, -0.05) is 68.4 Å². The average molecular weight is 287 g/mol. The van der Waals surface area contributed by atoms with E-state index in [9.17, 15) is 0 Å². The molecule has 4 nitrogen and oxygen atoms in total. The molecule has 21 heavy (non-hydrogen) atoms. The lowest BCUT2D eigenvalue weighted by Crippen LogP contribution is -1.97. The Balaban J connectivity index is 2.19. The lowest BCUT2D eigenvalue weighted by molar-refractivity contribution is 0.304. The minimum Gasteiger partial charge on any atom is -0.494 e. The molecule has 0 bridgehead atoms. The van der Waals surface area contributed by atoms with E-state index in [0.29, 0.717) is 6.54 Å². The van der Waals surface area contributed by atoms with Crippen molar-refractivity contribution < 1.29 is 4.74 Å². The van der Waals surface area contributed by atoms with Crippen LogP contribution in [-0.2, 0) is 0 Å². The van der Waals surface area contributed by atoms with Gasteiger partial charge in [-0.25, -0.2) is 0 Å². The minimum absolute atomic E-state index is 0.382. The summed E-state index contributed by atoms with van der Waals surface area (Å²) < 4.78 is 5.72. The van der Waals surface area contributed by atoms with Crippen LogP contribution in [0.5, 0.6) is 5.75 Å². The predicted octanol–water partition coefficient (Wildman–Crippen LogP) is 5.75. The molecule has 114 valence electrons. The van der Waals surface area contributed by atoms with Gasteiger partial charge in [-0.3, -0.25) is 0 Å². The van der Waals surface area contributed by atoms with Crippen LogP contribution in [0, 0.1) is 0 Å². The number of rotatable bonds is 11. The van der Waals surface area contributed by atoms with Crippen LogP contribution < -0.4 is 4.74 Å². The zero-order valence-electron chi connectivity index (χ0n) is 12.9. The van der Waals surface area contributed by atoms with Crippen LogP contribution in [0.4, 0.5) is 0 Å². The van der Waals surface area contributed by atoms with Gasteiger partial charge >= 0.3 is 0 Å². The highest BCUT2D eigenvalue weighted by Gasteiger charge is 1.94. The van der Waals surface area contributed by atoms with Crippen molar-refractivity contribution in [1.29, 1.82) is 0 Å². The van der Waals surface area contributed by atoms with Gasteiger partial charge < -0.3 is 4.74 Å². The number of ether oxygens (including phenoxy) is 1. The molecule has 0 aromatic heterocycles. The van der Waals surface area contributed by atoms with E-state index in [2.05, 4.69) is 16.9 Å². The Hall–Kier alpha value is -1.93. The van der Waals surface area contributed by atoms with E-state index in [1.54, 1.807) is 0 Å². The molecular weight excluding hydrogens is 262 g/mol. The Morgan fingerprint density at radius 3 is 2.52 bits per heavy atom. The second-order valence-corrected chi connectivity index (χ2v) is 5.00. The summed E-state index contributed by atoms with van der Waals surface area (Å²) in [5.74, 6) is 0.913. The maximum Gasteiger partial charge on any atom is 0.119 e. The van der Waals surface area contributed by atoms with Gasteiger partial charge in [0.1, 0.15) is 5.75 Å². The number of nitrogens with zero attached hydrogens (tertiary/aromatic N) is 3. The molecule has 0 aliphatic rings. The van der Waals surface area contributed by atoms with Gasteiger partial charge in [-0.2, -0.15) is 0 Å². The third-order valence-electron chi connectivity index (χ3n) is 3.21. The average Bonchev–Trinajstić information content (AvgIpc) is 2.52. The van der Waals surface area contributed by atoms with E-state index in [1.807, 2.05) is 36.4 Å². The Kier molecular flexibility index (Phi) is 9.67. The zero-order valence-corrected chi connectivity index (χ0v) is 12.9. The monoisotopic (exact) mass is 287 g/mol. The van der Waals surface area contributed by atoms with E-state index in [0.717, 1.165) is 24.3 Å². The van der Waals surface area contributed by atoms with Crippen LogP contribution in [0.1, 0.15) is 51.0 Å². The van der Waals surface area contributed by atoms with E-state index >= 15 is 0 Å². The van der Waals surface area contributed by atoms with Crippen LogP contribution in [0.2, 0.25) is 0 Å². The molecule has 4 heteroatoms. The normalized spacial score (nSPS) is 10.5. The summed E-state index contributed by atoms with van der Waals surface area (Å²) in [5, 5.41) is 3.45. The van der Waals surface area contributed by atoms with Gasteiger partial charge in [0.05, 0.1) is 6.61 Å². The summed E-state index contributed by atoms with van der Waals surface area (Å²) in [4.78, 5) is 2.70. The van der Waals surface area contributed by atoms with Crippen molar-refractivity contribution in [2.24, 2.45) is 5.11 Å². The highest BCUT2D eigenvalue weighted by Crippen LogP contribution is 2.14. The Bertz CT molecular complexity index is 448. The maximum absolute atomic E-state index is 8.17. The van der Waals surface area contributed by atoms with Crippen molar-refractivity contribution in [3.05, 3.63) is 46.3 Å². The molecule has 0 unspecified atom stereocenters. The van der Waals surface area contributed by atoms with Gasteiger partial charge in [-0.15, -0.1) is 0 Å². The van der Waals surface area contributed by atoms with Crippen molar-refractivity contribution in [3.63, 3.8) is 0 Å². The SMILES string of the molecule is CCCCCCCCOc1ccc(C=CCN=[N+]=[N-])cc1. The second kappa shape index (κ2) is 11.9. The van der Waals surface area contributed by atoms with E-state index in [4.69, 9.17) is 10.3 Å². The first-order chi connectivity index (χ1) is 10.4. The van der Waals surface area contributed by atoms with E-state index < -0.39 is 0 Å². The predicted molar refractivity (Wildman–Crippen MR) is 88.4 cm³/mol. The Labute approximate surface area is 127 Å².